The molecular formula is C9H13Cl2N3. The molecule has 0 aliphatic rings. The van der Waals surface area contributed by atoms with Crippen molar-refractivity contribution < 1.29 is 0 Å². The third-order valence-electron chi connectivity index (χ3n) is 1.88. The van der Waals surface area contributed by atoms with Gasteiger partial charge in [0.25, 0.3) is 0 Å². The number of aryl methyl sites for hydroxylation is 1. The zero-order chi connectivity index (χ0) is 8.55. The number of rotatable bonds is 1. The van der Waals surface area contributed by atoms with Crippen LogP contribution in [-0.4, -0.2) is 9.97 Å². The zero-order valence-electron chi connectivity index (χ0n) is 7.78. The molecule has 0 fully saturated rings. The van der Waals surface area contributed by atoms with Crippen LogP contribution in [0.5, 0.6) is 0 Å². The molecular weight excluding hydrogens is 221 g/mol. The molecule has 2 aromatic heterocycles. The molecule has 0 aliphatic heterocycles. The Bertz CT molecular complexity index is 411. The first-order valence-electron chi connectivity index (χ1n) is 3.94. The summed E-state index contributed by atoms with van der Waals surface area (Å²) in [5.41, 5.74) is 8.61. The van der Waals surface area contributed by atoms with Gasteiger partial charge in [0, 0.05) is 23.8 Å². The summed E-state index contributed by atoms with van der Waals surface area (Å²) in [5, 5.41) is 1.13. The van der Waals surface area contributed by atoms with E-state index in [2.05, 4.69) is 16.0 Å². The van der Waals surface area contributed by atoms with Gasteiger partial charge in [0.1, 0.15) is 5.65 Å². The third kappa shape index (κ3) is 2.38. The fourth-order valence-electron chi connectivity index (χ4n) is 1.29. The Morgan fingerprint density at radius 2 is 2.07 bits per heavy atom. The molecule has 2 rings (SSSR count). The van der Waals surface area contributed by atoms with Gasteiger partial charge in [-0.05, 0) is 24.6 Å². The van der Waals surface area contributed by atoms with Gasteiger partial charge in [-0.25, -0.2) is 4.98 Å². The van der Waals surface area contributed by atoms with Crippen molar-refractivity contribution in [2.45, 2.75) is 13.5 Å². The van der Waals surface area contributed by atoms with Gasteiger partial charge in [0.2, 0.25) is 0 Å². The quantitative estimate of drug-likeness (QED) is 0.794. The molecule has 0 unspecified atom stereocenters. The first kappa shape index (κ1) is 13.2. The Kier molecular flexibility index (Phi) is 4.91. The Hall–Kier alpha value is -0.770. The molecule has 5 heteroatoms. The van der Waals surface area contributed by atoms with Crippen LogP contribution in [0.4, 0.5) is 0 Å². The largest absolute Gasteiger partial charge is 0.342 e. The van der Waals surface area contributed by atoms with Crippen LogP contribution in [-0.2, 0) is 6.54 Å². The Balaban J connectivity index is 0.000000845. The van der Waals surface area contributed by atoms with Crippen molar-refractivity contribution >= 4 is 35.8 Å². The number of hydrogen-bond acceptors (Lipinski definition) is 2. The highest BCUT2D eigenvalue weighted by Gasteiger charge is 1.99. The molecule has 0 aliphatic carbocycles. The van der Waals surface area contributed by atoms with Crippen molar-refractivity contribution in [2.75, 3.05) is 0 Å². The number of nitrogens with one attached hydrogen (secondary N) is 1. The van der Waals surface area contributed by atoms with Crippen LogP contribution >= 0.6 is 24.8 Å². The smallest absolute Gasteiger partial charge is 0.137 e. The van der Waals surface area contributed by atoms with E-state index in [1.54, 1.807) is 0 Å². The van der Waals surface area contributed by atoms with Gasteiger partial charge in [0.05, 0.1) is 0 Å². The second kappa shape index (κ2) is 5.20. The lowest BCUT2D eigenvalue weighted by Crippen LogP contribution is -1.95. The highest BCUT2D eigenvalue weighted by molar-refractivity contribution is 5.85. The van der Waals surface area contributed by atoms with Crippen molar-refractivity contribution in [3.8, 4) is 0 Å². The number of fused-ring (bicyclic) bond motifs is 1. The van der Waals surface area contributed by atoms with Crippen LogP contribution in [0.25, 0.3) is 11.0 Å². The first-order valence-corrected chi connectivity index (χ1v) is 3.94. The van der Waals surface area contributed by atoms with E-state index in [0.29, 0.717) is 6.54 Å². The average molecular weight is 234 g/mol. The van der Waals surface area contributed by atoms with Crippen LogP contribution in [0, 0.1) is 6.92 Å². The van der Waals surface area contributed by atoms with E-state index in [-0.39, 0.29) is 24.8 Å². The molecule has 0 aromatic carbocycles. The van der Waals surface area contributed by atoms with Gasteiger partial charge in [-0.3, -0.25) is 0 Å². The lowest BCUT2D eigenvalue weighted by atomic mass is 10.2. The fraction of sp³-hybridized carbons (Fsp3) is 0.222. The maximum Gasteiger partial charge on any atom is 0.137 e. The summed E-state index contributed by atoms with van der Waals surface area (Å²) in [4.78, 5) is 7.37. The lowest BCUT2D eigenvalue weighted by molar-refractivity contribution is 1.02. The van der Waals surface area contributed by atoms with E-state index >= 15 is 0 Å². The number of nitrogens with zero attached hydrogens (tertiary/aromatic N) is 1. The van der Waals surface area contributed by atoms with E-state index in [0.717, 1.165) is 16.7 Å². The number of nitrogens with two attached hydrogens (primary N) is 1. The summed E-state index contributed by atoms with van der Waals surface area (Å²) in [6.45, 7) is 2.57. The van der Waals surface area contributed by atoms with Gasteiger partial charge in [-0.1, -0.05) is 0 Å². The van der Waals surface area contributed by atoms with Crippen LogP contribution in [0.2, 0.25) is 0 Å². The van der Waals surface area contributed by atoms with Crippen molar-refractivity contribution in [1.82, 2.24) is 9.97 Å². The third-order valence-corrected chi connectivity index (χ3v) is 1.88. The Morgan fingerprint density at radius 1 is 1.36 bits per heavy atom. The number of aromatic nitrogens is 2. The van der Waals surface area contributed by atoms with E-state index < -0.39 is 0 Å². The summed E-state index contributed by atoms with van der Waals surface area (Å²) < 4.78 is 0. The minimum absolute atomic E-state index is 0. The average Bonchev–Trinajstić information content (AvgIpc) is 2.46. The van der Waals surface area contributed by atoms with Crippen LogP contribution in [0.15, 0.2) is 18.3 Å². The number of aromatic amines is 1. The van der Waals surface area contributed by atoms with Crippen LogP contribution in [0.3, 0.4) is 0 Å². The summed E-state index contributed by atoms with van der Waals surface area (Å²) in [6.07, 6.45) is 1.85. The minimum Gasteiger partial charge on any atom is -0.342 e. The monoisotopic (exact) mass is 233 g/mol. The standard InChI is InChI=1S/C9H11N3.2ClH/c1-6-2-7-3-8(4-10)12-9(7)11-5-6;;/h2-3,5H,4,10H2,1H3,(H,11,12);2*1H. The molecule has 2 aromatic rings. The zero-order valence-corrected chi connectivity index (χ0v) is 9.41. The minimum atomic E-state index is 0. The second-order valence-corrected chi connectivity index (χ2v) is 2.95. The SMILES string of the molecule is Cc1cnc2[nH]c(CN)cc2c1.Cl.Cl. The van der Waals surface area contributed by atoms with Crippen molar-refractivity contribution in [1.29, 1.82) is 0 Å². The van der Waals surface area contributed by atoms with Gasteiger partial charge < -0.3 is 10.7 Å². The highest BCUT2D eigenvalue weighted by Crippen LogP contribution is 2.13. The molecule has 0 atom stereocenters. The maximum atomic E-state index is 5.49. The normalized spacial score (nSPS) is 9.29. The molecule has 0 saturated heterocycles. The number of pyridine rings is 1. The molecule has 0 spiro atoms. The van der Waals surface area contributed by atoms with Crippen molar-refractivity contribution in [3.05, 3.63) is 29.6 Å². The van der Waals surface area contributed by atoms with E-state index in [4.69, 9.17) is 5.73 Å². The predicted octanol–water partition coefficient (Wildman–Crippen LogP) is 2.17. The summed E-state index contributed by atoms with van der Waals surface area (Å²) >= 11 is 0. The molecule has 0 bridgehead atoms. The Morgan fingerprint density at radius 3 is 2.71 bits per heavy atom. The summed E-state index contributed by atoms with van der Waals surface area (Å²) in [7, 11) is 0. The molecule has 0 amide bonds. The van der Waals surface area contributed by atoms with Crippen LogP contribution < -0.4 is 5.73 Å². The van der Waals surface area contributed by atoms with Gasteiger partial charge in [-0.2, -0.15) is 0 Å². The molecule has 2 heterocycles. The lowest BCUT2D eigenvalue weighted by Gasteiger charge is -1.89. The topological polar surface area (TPSA) is 54.7 Å². The molecule has 14 heavy (non-hydrogen) atoms. The van der Waals surface area contributed by atoms with Gasteiger partial charge in [-0.15, -0.1) is 24.8 Å². The number of halogens is 2. The molecule has 78 valence electrons. The fourth-order valence-corrected chi connectivity index (χ4v) is 1.29. The summed E-state index contributed by atoms with van der Waals surface area (Å²) in [6, 6.07) is 4.13. The summed E-state index contributed by atoms with van der Waals surface area (Å²) in [5.74, 6) is 0. The molecule has 3 N–H and O–H groups in total. The molecule has 0 radical (unpaired) electrons. The van der Waals surface area contributed by atoms with Gasteiger partial charge in [0.15, 0.2) is 0 Å². The number of hydrogen-bond donors (Lipinski definition) is 2. The molecule has 0 saturated carbocycles. The van der Waals surface area contributed by atoms with E-state index in [9.17, 15) is 0 Å². The van der Waals surface area contributed by atoms with Crippen molar-refractivity contribution in [3.63, 3.8) is 0 Å². The second-order valence-electron chi connectivity index (χ2n) is 2.95. The number of H-pyrrole nitrogens is 1. The highest BCUT2D eigenvalue weighted by atomic mass is 35.5. The van der Waals surface area contributed by atoms with Gasteiger partial charge >= 0.3 is 0 Å². The van der Waals surface area contributed by atoms with Crippen LogP contribution in [0.1, 0.15) is 11.3 Å². The van der Waals surface area contributed by atoms with E-state index in [1.807, 2.05) is 19.2 Å². The molecule has 3 nitrogen and oxygen atoms in total. The maximum absolute atomic E-state index is 5.49. The van der Waals surface area contributed by atoms with Crippen molar-refractivity contribution in [2.24, 2.45) is 5.73 Å². The Labute approximate surface area is 94.9 Å². The first-order chi connectivity index (χ1) is 5.79. The van der Waals surface area contributed by atoms with E-state index in [1.165, 1.54) is 5.56 Å². The predicted molar refractivity (Wildman–Crippen MR) is 63.2 cm³/mol.